The second-order valence-electron chi connectivity index (χ2n) is 6.15. The lowest BCUT2D eigenvalue weighted by Gasteiger charge is -2.37. The highest BCUT2D eigenvalue weighted by Gasteiger charge is 2.22. The summed E-state index contributed by atoms with van der Waals surface area (Å²) in [7, 11) is 0. The van der Waals surface area contributed by atoms with E-state index in [0.717, 1.165) is 12.8 Å². The molecule has 0 aliphatic carbocycles. The second kappa shape index (κ2) is 7.29. The standard InChI is InChI=1S/C18H22N4O2/c1-13-6-7-14-4-2-3-5-16(14)22(13)11-10-17(23)19-12-15-8-9-18(24)21-20-15/h2-5,8-9,13H,6-7,10-12H2,1H3,(H,19,23)(H,21,24). The lowest BCUT2D eigenvalue weighted by Crippen LogP contribution is -2.39. The van der Waals surface area contributed by atoms with E-state index in [9.17, 15) is 9.59 Å². The fourth-order valence-corrected chi connectivity index (χ4v) is 3.07. The molecule has 1 aromatic carbocycles. The third-order valence-electron chi connectivity index (χ3n) is 4.45. The van der Waals surface area contributed by atoms with E-state index in [1.54, 1.807) is 6.07 Å². The van der Waals surface area contributed by atoms with Crippen molar-refractivity contribution in [3.63, 3.8) is 0 Å². The van der Waals surface area contributed by atoms with Gasteiger partial charge in [0.25, 0.3) is 5.56 Å². The first-order chi connectivity index (χ1) is 11.6. The summed E-state index contributed by atoms with van der Waals surface area (Å²) in [5.74, 6) is -0.0155. The molecule has 3 rings (SSSR count). The molecule has 1 amide bonds. The monoisotopic (exact) mass is 326 g/mol. The number of hydrogen-bond acceptors (Lipinski definition) is 4. The predicted molar refractivity (Wildman–Crippen MR) is 92.9 cm³/mol. The molecule has 1 aromatic heterocycles. The van der Waals surface area contributed by atoms with Crippen LogP contribution in [0.4, 0.5) is 5.69 Å². The zero-order chi connectivity index (χ0) is 16.9. The molecule has 1 unspecified atom stereocenters. The van der Waals surface area contributed by atoms with E-state index in [-0.39, 0.29) is 11.5 Å². The lowest BCUT2D eigenvalue weighted by atomic mass is 9.96. The molecule has 1 aliphatic rings. The first-order valence-electron chi connectivity index (χ1n) is 8.29. The Bertz CT molecular complexity index is 751. The molecule has 6 nitrogen and oxygen atoms in total. The van der Waals surface area contributed by atoms with Gasteiger partial charge in [-0.1, -0.05) is 18.2 Å². The number of H-pyrrole nitrogens is 1. The molecule has 2 heterocycles. The summed E-state index contributed by atoms with van der Waals surface area (Å²) < 4.78 is 0. The number of nitrogens with zero attached hydrogens (tertiary/aromatic N) is 2. The van der Waals surface area contributed by atoms with Gasteiger partial charge in [-0.25, -0.2) is 5.10 Å². The van der Waals surface area contributed by atoms with Crippen LogP contribution in [0.25, 0.3) is 0 Å². The molecule has 1 aliphatic heterocycles. The number of rotatable bonds is 5. The molecule has 0 saturated carbocycles. The van der Waals surface area contributed by atoms with Gasteiger partial charge in [0.1, 0.15) is 0 Å². The molecule has 2 aromatic rings. The third-order valence-corrected chi connectivity index (χ3v) is 4.45. The van der Waals surface area contributed by atoms with Gasteiger partial charge >= 0.3 is 0 Å². The summed E-state index contributed by atoms with van der Waals surface area (Å²) >= 11 is 0. The minimum atomic E-state index is -0.247. The average molecular weight is 326 g/mol. The van der Waals surface area contributed by atoms with Crippen LogP contribution in [-0.2, 0) is 17.8 Å². The van der Waals surface area contributed by atoms with E-state index in [1.165, 1.54) is 17.3 Å². The van der Waals surface area contributed by atoms with Crippen LogP contribution >= 0.6 is 0 Å². The largest absolute Gasteiger partial charge is 0.368 e. The van der Waals surface area contributed by atoms with Gasteiger partial charge in [-0.05, 0) is 37.5 Å². The molecule has 0 radical (unpaired) electrons. The highest BCUT2D eigenvalue weighted by molar-refractivity contribution is 5.76. The van der Waals surface area contributed by atoms with Crippen molar-refractivity contribution in [2.75, 3.05) is 11.4 Å². The number of aromatic nitrogens is 2. The summed E-state index contributed by atoms with van der Waals surface area (Å²) in [5.41, 5.74) is 2.99. The Balaban J connectivity index is 1.54. The van der Waals surface area contributed by atoms with Gasteiger partial charge in [-0.3, -0.25) is 9.59 Å². The smallest absolute Gasteiger partial charge is 0.264 e. The third kappa shape index (κ3) is 3.82. The number of amides is 1. The van der Waals surface area contributed by atoms with Gasteiger partial charge in [0.05, 0.1) is 12.2 Å². The first-order valence-corrected chi connectivity index (χ1v) is 8.29. The number of carbonyl (C=O) groups is 1. The lowest BCUT2D eigenvalue weighted by molar-refractivity contribution is -0.121. The Kier molecular flexibility index (Phi) is 4.93. The molecule has 0 saturated heterocycles. The van der Waals surface area contributed by atoms with Gasteiger partial charge in [-0.15, -0.1) is 0 Å². The summed E-state index contributed by atoms with van der Waals surface area (Å²) in [4.78, 5) is 25.4. The fraction of sp³-hybridized carbons (Fsp3) is 0.389. The zero-order valence-electron chi connectivity index (χ0n) is 13.8. The Hall–Kier alpha value is -2.63. The number of para-hydroxylation sites is 1. The number of aromatic amines is 1. The Morgan fingerprint density at radius 1 is 1.33 bits per heavy atom. The van der Waals surface area contributed by atoms with Crippen molar-refractivity contribution in [1.29, 1.82) is 0 Å². The van der Waals surface area contributed by atoms with Crippen molar-refractivity contribution in [2.45, 2.75) is 38.8 Å². The fourth-order valence-electron chi connectivity index (χ4n) is 3.07. The van der Waals surface area contributed by atoms with Gasteiger partial charge in [0, 0.05) is 30.8 Å². The van der Waals surface area contributed by atoms with Crippen LogP contribution in [0, 0.1) is 0 Å². The van der Waals surface area contributed by atoms with Crippen LogP contribution in [0.1, 0.15) is 31.0 Å². The number of anilines is 1. The topological polar surface area (TPSA) is 78.1 Å². The van der Waals surface area contributed by atoms with Gasteiger partial charge in [0.15, 0.2) is 0 Å². The van der Waals surface area contributed by atoms with E-state index >= 15 is 0 Å². The van der Waals surface area contributed by atoms with E-state index in [2.05, 4.69) is 45.5 Å². The normalized spacial score (nSPS) is 16.5. The van der Waals surface area contributed by atoms with Gasteiger partial charge in [0.2, 0.25) is 5.91 Å². The highest BCUT2D eigenvalue weighted by Crippen LogP contribution is 2.30. The first kappa shape index (κ1) is 16.2. The quantitative estimate of drug-likeness (QED) is 0.875. The number of carbonyl (C=O) groups excluding carboxylic acids is 1. The van der Waals surface area contributed by atoms with Crippen LogP contribution < -0.4 is 15.8 Å². The molecular weight excluding hydrogens is 304 g/mol. The summed E-state index contributed by atoms with van der Waals surface area (Å²) in [6, 6.07) is 11.9. The van der Waals surface area contributed by atoms with Gasteiger partial charge in [-0.2, -0.15) is 5.10 Å². The van der Waals surface area contributed by atoms with Crippen molar-refractivity contribution in [2.24, 2.45) is 0 Å². The molecule has 2 N–H and O–H groups in total. The molecular formula is C18H22N4O2. The van der Waals surface area contributed by atoms with Crippen LogP contribution in [-0.4, -0.2) is 28.7 Å². The Morgan fingerprint density at radius 3 is 2.96 bits per heavy atom. The number of benzene rings is 1. The number of fused-ring (bicyclic) bond motifs is 1. The summed E-state index contributed by atoms with van der Waals surface area (Å²) in [6.07, 6.45) is 2.64. The van der Waals surface area contributed by atoms with Crippen LogP contribution in [0.2, 0.25) is 0 Å². The molecule has 0 spiro atoms. The van der Waals surface area contributed by atoms with Crippen LogP contribution in [0.5, 0.6) is 0 Å². The van der Waals surface area contributed by atoms with E-state index < -0.39 is 0 Å². The Labute approximate surface area is 140 Å². The average Bonchev–Trinajstić information content (AvgIpc) is 2.60. The molecule has 126 valence electrons. The maximum Gasteiger partial charge on any atom is 0.264 e. The van der Waals surface area contributed by atoms with Crippen LogP contribution in [0.15, 0.2) is 41.2 Å². The molecule has 0 bridgehead atoms. The van der Waals surface area contributed by atoms with Crippen molar-refractivity contribution in [1.82, 2.24) is 15.5 Å². The van der Waals surface area contributed by atoms with E-state index in [1.807, 2.05) is 6.07 Å². The maximum absolute atomic E-state index is 12.1. The molecule has 24 heavy (non-hydrogen) atoms. The van der Waals surface area contributed by atoms with E-state index in [4.69, 9.17) is 0 Å². The van der Waals surface area contributed by atoms with Crippen molar-refractivity contribution in [3.8, 4) is 0 Å². The zero-order valence-corrected chi connectivity index (χ0v) is 13.8. The second-order valence-corrected chi connectivity index (χ2v) is 6.15. The molecule has 1 atom stereocenters. The Morgan fingerprint density at radius 2 is 2.17 bits per heavy atom. The minimum absolute atomic E-state index is 0.0155. The maximum atomic E-state index is 12.1. The number of aryl methyl sites for hydroxylation is 1. The highest BCUT2D eigenvalue weighted by atomic mass is 16.1. The summed E-state index contributed by atoms with van der Waals surface area (Å²) in [6.45, 7) is 3.23. The summed E-state index contributed by atoms with van der Waals surface area (Å²) in [5, 5.41) is 9.09. The molecule has 6 heteroatoms. The van der Waals surface area contributed by atoms with Crippen molar-refractivity contribution >= 4 is 11.6 Å². The van der Waals surface area contributed by atoms with Crippen molar-refractivity contribution in [3.05, 3.63) is 58.0 Å². The number of nitrogens with one attached hydrogen (secondary N) is 2. The number of hydrogen-bond donors (Lipinski definition) is 2. The molecule has 0 fully saturated rings. The minimum Gasteiger partial charge on any atom is -0.368 e. The predicted octanol–water partition coefficient (Wildman–Crippen LogP) is 1.62. The van der Waals surface area contributed by atoms with E-state index in [0.29, 0.717) is 31.2 Å². The van der Waals surface area contributed by atoms with Gasteiger partial charge < -0.3 is 10.2 Å². The van der Waals surface area contributed by atoms with Crippen LogP contribution in [0.3, 0.4) is 0 Å². The van der Waals surface area contributed by atoms with Crippen molar-refractivity contribution < 1.29 is 4.79 Å². The SMILES string of the molecule is CC1CCc2ccccc2N1CCC(=O)NCc1ccc(=O)[nH]n1.